The minimum Gasteiger partial charge on any atom is -0.497 e. The highest BCUT2D eigenvalue weighted by Gasteiger charge is 2.20. The number of nitrogens with two attached hydrogens (primary N) is 1. The molecule has 0 radical (unpaired) electrons. The van der Waals surface area contributed by atoms with Crippen molar-refractivity contribution in [3.05, 3.63) is 59.7 Å². The quantitative estimate of drug-likeness (QED) is 0.859. The van der Waals surface area contributed by atoms with Crippen molar-refractivity contribution < 1.29 is 14.3 Å². The van der Waals surface area contributed by atoms with Crippen LogP contribution in [0.25, 0.3) is 0 Å². The van der Waals surface area contributed by atoms with Crippen molar-refractivity contribution in [2.45, 2.75) is 19.0 Å². The maximum Gasteiger partial charge on any atom is 0.241 e. The average Bonchev–Trinajstić information content (AvgIpc) is 2.61. The van der Waals surface area contributed by atoms with Crippen molar-refractivity contribution in [3.8, 4) is 11.5 Å². The maximum absolute atomic E-state index is 12.4. The molecule has 2 rings (SSSR count). The summed E-state index contributed by atoms with van der Waals surface area (Å²) in [6.45, 7) is 1.88. The fourth-order valence-corrected chi connectivity index (χ4v) is 2.37. The first-order valence-corrected chi connectivity index (χ1v) is 7.39. The number of amides is 1. The third kappa shape index (κ3) is 4.02. The molecule has 0 saturated heterocycles. The molecule has 0 aliphatic heterocycles. The molecule has 0 bridgehead atoms. The summed E-state index contributed by atoms with van der Waals surface area (Å²) in [4.78, 5) is 12.4. The Balaban J connectivity index is 2.15. The van der Waals surface area contributed by atoms with Crippen molar-refractivity contribution in [2.24, 2.45) is 5.73 Å². The molecule has 2 aromatic carbocycles. The molecule has 23 heavy (non-hydrogen) atoms. The van der Waals surface area contributed by atoms with Gasteiger partial charge in [-0.05, 0) is 30.7 Å². The third-order valence-corrected chi connectivity index (χ3v) is 3.70. The lowest BCUT2D eigenvalue weighted by Crippen LogP contribution is -2.35. The minimum atomic E-state index is -0.713. The lowest BCUT2D eigenvalue weighted by molar-refractivity contribution is -0.123. The minimum absolute atomic E-state index is 0.242. The fraction of sp³-hybridized carbons (Fsp3) is 0.278. The highest BCUT2D eigenvalue weighted by Crippen LogP contribution is 2.29. The summed E-state index contributed by atoms with van der Waals surface area (Å²) in [5.74, 6) is 1.15. The molecule has 2 unspecified atom stereocenters. The standard InChI is InChI=1S/C18H22N2O3/c1-12(15-11-14(22-2)9-10-16(15)23-3)20-18(21)17(19)13-7-5-4-6-8-13/h4-12,17H,19H2,1-3H3,(H,20,21). The second-order valence-corrected chi connectivity index (χ2v) is 5.23. The molecule has 0 heterocycles. The van der Waals surface area contributed by atoms with Gasteiger partial charge in [0.25, 0.3) is 0 Å². The summed E-state index contributed by atoms with van der Waals surface area (Å²) in [6.07, 6.45) is 0. The second kappa shape index (κ2) is 7.65. The average molecular weight is 314 g/mol. The number of benzene rings is 2. The predicted octanol–water partition coefficient (Wildman–Crippen LogP) is 2.58. The van der Waals surface area contributed by atoms with Crippen LogP contribution in [0.4, 0.5) is 0 Å². The molecule has 2 atom stereocenters. The van der Waals surface area contributed by atoms with Gasteiger partial charge in [-0.1, -0.05) is 30.3 Å². The number of ether oxygens (including phenoxy) is 2. The van der Waals surface area contributed by atoms with E-state index in [1.54, 1.807) is 14.2 Å². The van der Waals surface area contributed by atoms with Gasteiger partial charge in [-0.3, -0.25) is 4.79 Å². The molecular weight excluding hydrogens is 292 g/mol. The number of hydrogen-bond donors (Lipinski definition) is 2. The molecule has 1 amide bonds. The Labute approximate surface area is 136 Å². The highest BCUT2D eigenvalue weighted by atomic mass is 16.5. The normalized spacial score (nSPS) is 13.0. The smallest absolute Gasteiger partial charge is 0.241 e. The Morgan fingerprint density at radius 2 is 1.78 bits per heavy atom. The van der Waals surface area contributed by atoms with Crippen LogP contribution in [0.5, 0.6) is 11.5 Å². The number of methoxy groups -OCH3 is 2. The first-order valence-electron chi connectivity index (χ1n) is 7.39. The second-order valence-electron chi connectivity index (χ2n) is 5.23. The van der Waals surface area contributed by atoms with Crippen molar-refractivity contribution in [2.75, 3.05) is 14.2 Å². The van der Waals surface area contributed by atoms with Crippen LogP contribution in [0.1, 0.15) is 30.1 Å². The van der Waals surface area contributed by atoms with Gasteiger partial charge in [-0.25, -0.2) is 0 Å². The van der Waals surface area contributed by atoms with Gasteiger partial charge < -0.3 is 20.5 Å². The van der Waals surface area contributed by atoms with Crippen LogP contribution in [0.3, 0.4) is 0 Å². The van der Waals surface area contributed by atoms with E-state index in [1.165, 1.54) is 0 Å². The van der Waals surface area contributed by atoms with Gasteiger partial charge in [0.05, 0.1) is 20.3 Å². The third-order valence-electron chi connectivity index (χ3n) is 3.70. The van der Waals surface area contributed by atoms with Gasteiger partial charge in [0.15, 0.2) is 0 Å². The van der Waals surface area contributed by atoms with Gasteiger partial charge in [0.1, 0.15) is 17.5 Å². The zero-order valence-corrected chi connectivity index (χ0v) is 13.6. The van der Waals surface area contributed by atoms with E-state index in [0.717, 1.165) is 11.1 Å². The zero-order chi connectivity index (χ0) is 16.8. The highest BCUT2D eigenvalue weighted by molar-refractivity contribution is 5.83. The molecule has 5 nitrogen and oxygen atoms in total. The summed E-state index contributed by atoms with van der Waals surface area (Å²) in [5, 5.41) is 2.92. The first kappa shape index (κ1) is 16.8. The van der Waals surface area contributed by atoms with E-state index >= 15 is 0 Å². The van der Waals surface area contributed by atoms with E-state index < -0.39 is 6.04 Å². The Bertz CT molecular complexity index is 659. The van der Waals surface area contributed by atoms with Crippen LogP contribution in [0, 0.1) is 0 Å². The molecule has 0 fully saturated rings. The van der Waals surface area contributed by atoms with Gasteiger partial charge >= 0.3 is 0 Å². The topological polar surface area (TPSA) is 73.6 Å². The number of rotatable bonds is 6. The van der Waals surface area contributed by atoms with Crippen LogP contribution in [0.15, 0.2) is 48.5 Å². The van der Waals surface area contributed by atoms with Crippen molar-refractivity contribution in [1.82, 2.24) is 5.32 Å². The molecular formula is C18H22N2O3. The van der Waals surface area contributed by atoms with Crippen LogP contribution < -0.4 is 20.5 Å². The van der Waals surface area contributed by atoms with E-state index in [2.05, 4.69) is 5.32 Å². The predicted molar refractivity (Wildman–Crippen MR) is 89.5 cm³/mol. The van der Waals surface area contributed by atoms with E-state index in [1.807, 2.05) is 55.5 Å². The Hall–Kier alpha value is -2.53. The summed E-state index contributed by atoms with van der Waals surface area (Å²) in [5.41, 5.74) is 7.63. The maximum atomic E-state index is 12.4. The monoisotopic (exact) mass is 314 g/mol. The van der Waals surface area contributed by atoms with E-state index in [9.17, 15) is 4.79 Å². The molecule has 0 aromatic heterocycles. The van der Waals surface area contributed by atoms with Gasteiger partial charge in [-0.2, -0.15) is 0 Å². The molecule has 122 valence electrons. The molecule has 5 heteroatoms. The van der Waals surface area contributed by atoms with Crippen molar-refractivity contribution in [3.63, 3.8) is 0 Å². The number of carbonyl (C=O) groups excluding carboxylic acids is 1. The zero-order valence-electron chi connectivity index (χ0n) is 13.6. The summed E-state index contributed by atoms with van der Waals surface area (Å²) >= 11 is 0. The van der Waals surface area contributed by atoms with Crippen LogP contribution in [0.2, 0.25) is 0 Å². The summed E-state index contributed by atoms with van der Waals surface area (Å²) < 4.78 is 10.6. The largest absolute Gasteiger partial charge is 0.497 e. The first-order chi connectivity index (χ1) is 11.1. The van der Waals surface area contributed by atoms with Gasteiger partial charge in [-0.15, -0.1) is 0 Å². The molecule has 0 saturated carbocycles. The van der Waals surface area contributed by atoms with Gasteiger partial charge in [0, 0.05) is 5.56 Å². The lowest BCUT2D eigenvalue weighted by Gasteiger charge is -2.20. The Morgan fingerprint density at radius 1 is 1.09 bits per heavy atom. The lowest BCUT2D eigenvalue weighted by atomic mass is 10.0. The Kier molecular flexibility index (Phi) is 5.60. The molecule has 0 spiro atoms. The van der Waals surface area contributed by atoms with E-state index in [4.69, 9.17) is 15.2 Å². The molecule has 2 aromatic rings. The molecule has 0 aliphatic carbocycles. The summed E-state index contributed by atoms with van der Waals surface area (Å²) in [6, 6.07) is 13.8. The van der Waals surface area contributed by atoms with Gasteiger partial charge in [0.2, 0.25) is 5.91 Å². The Morgan fingerprint density at radius 3 is 2.39 bits per heavy atom. The van der Waals surface area contributed by atoms with E-state index in [0.29, 0.717) is 11.5 Å². The number of carbonyl (C=O) groups is 1. The van der Waals surface area contributed by atoms with Crippen molar-refractivity contribution in [1.29, 1.82) is 0 Å². The number of nitrogens with one attached hydrogen (secondary N) is 1. The number of hydrogen-bond acceptors (Lipinski definition) is 4. The van der Waals surface area contributed by atoms with Crippen LogP contribution in [-0.2, 0) is 4.79 Å². The fourth-order valence-electron chi connectivity index (χ4n) is 2.37. The van der Waals surface area contributed by atoms with Crippen LogP contribution >= 0.6 is 0 Å². The van der Waals surface area contributed by atoms with E-state index in [-0.39, 0.29) is 11.9 Å². The molecule has 0 aliphatic rings. The van der Waals surface area contributed by atoms with Crippen LogP contribution in [-0.4, -0.2) is 20.1 Å². The SMILES string of the molecule is COc1ccc(OC)c(C(C)NC(=O)C(N)c2ccccc2)c1. The summed E-state index contributed by atoms with van der Waals surface area (Å²) in [7, 11) is 3.19. The molecule has 3 N–H and O–H groups in total. The van der Waals surface area contributed by atoms with Crippen molar-refractivity contribution >= 4 is 5.91 Å².